The molecule has 1 aliphatic rings. The second-order valence-corrected chi connectivity index (χ2v) is 13.4. The lowest BCUT2D eigenvalue weighted by atomic mass is 10.1. The van der Waals surface area contributed by atoms with Crippen LogP contribution in [0.2, 0.25) is 0 Å². The Morgan fingerprint density at radius 1 is 0.929 bits per heavy atom. The third kappa shape index (κ3) is 8.14. The van der Waals surface area contributed by atoms with Crippen LogP contribution in [0.25, 0.3) is 22.3 Å². The Bertz CT molecular complexity index is 1620. The highest BCUT2D eigenvalue weighted by Crippen LogP contribution is 2.30. The molecule has 0 N–H and O–H groups in total. The quantitative estimate of drug-likeness (QED) is 0.308. The SMILES string of the molecule is CCN1CCN(Cc2ccc(Cc3ncc(F)c(-c4cc(F)c5nc(C)n(C(C)C)c5c4)n3)nc2)CC1.CS(C)(=O)=O. The molecular weight excluding hydrogens is 560 g/mol. The zero-order chi connectivity index (χ0) is 30.6. The number of fused-ring (bicyclic) bond motifs is 1. The van der Waals surface area contributed by atoms with Crippen molar-refractivity contribution >= 4 is 20.9 Å². The van der Waals surface area contributed by atoms with E-state index in [0.29, 0.717) is 29.1 Å². The third-order valence-corrected chi connectivity index (χ3v) is 7.05. The number of aryl methyl sites for hydroxylation is 1. The van der Waals surface area contributed by atoms with Gasteiger partial charge < -0.3 is 9.47 Å². The Morgan fingerprint density at radius 2 is 1.60 bits per heavy atom. The first-order chi connectivity index (χ1) is 19.8. The van der Waals surface area contributed by atoms with Crippen molar-refractivity contribution in [2.45, 2.75) is 46.7 Å². The fourth-order valence-electron chi connectivity index (χ4n) is 5.09. The summed E-state index contributed by atoms with van der Waals surface area (Å²) in [5.41, 5.74) is 3.29. The van der Waals surface area contributed by atoms with E-state index in [9.17, 15) is 17.2 Å². The van der Waals surface area contributed by atoms with Gasteiger partial charge >= 0.3 is 0 Å². The largest absolute Gasteiger partial charge is 0.326 e. The molecule has 1 fully saturated rings. The molecule has 226 valence electrons. The van der Waals surface area contributed by atoms with Crippen LogP contribution >= 0.6 is 0 Å². The highest BCUT2D eigenvalue weighted by atomic mass is 32.2. The van der Waals surface area contributed by atoms with Crippen molar-refractivity contribution in [3.63, 3.8) is 0 Å². The Balaban J connectivity index is 0.000000748. The van der Waals surface area contributed by atoms with E-state index in [1.807, 2.05) is 37.6 Å². The summed E-state index contributed by atoms with van der Waals surface area (Å²) < 4.78 is 51.0. The predicted octanol–water partition coefficient (Wildman–Crippen LogP) is 4.44. The van der Waals surface area contributed by atoms with Gasteiger partial charge in [0.05, 0.1) is 18.1 Å². The molecule has 0 saturated carbocycles. The molecule has 4 aromatic rings. The molecule has 1 saturated heterocycles. The number of sulfone groups is 1. The Hall–Kier alpha value is -3.35. The maximum Gasteiger partial charge on any atom is 0.167 e. The van der Waals surface area contributed by atoms with Gasteiger partial charge in [0.1, 0.15) is 32.7 Å². The van der Waals surface area contributed by atoms with Crippen molar-refractivity contribution in [1.82, 2.24) is 34.3 Å². The fourth-order valence-corrected chi connectivity index (χ4v) is 5.09. The summed E-state index contributed by atoms with van der Waals surface area (Å²) in [5, 5.41) is 0. The zero-order valence-corrected chi connectivity index (χ0v) is 25.9. The van der Waals surface area contributed by atoms with Crippen LogP contribution in [-0.2, 0) is 22.8 Å². The van der Waals surface area contributed by atoms with Gasteiger partial charge in [-0.1, -0.05) is 13.0 Å². The second kappa shape index (κ2) is 13.3. The molecular formula is C30H39F2N7O2S. The lowest BCUT2D eigenvalue weighted by Crippen LogP contribution is -2.45. The number of hydrogen-bond donors (Lipinski definition) is 0. The number of aromatic nitrogens is 5. The standard InChI is InChI=1S/C28H33F2N7.C2H6O2S/c1-5-35-8-10-36(11-9-35)17-20-6-7-22(31-15-20)14-26-32-16-24(30)27(34-26)21-12-23(29)28-25(13-21)37(18(2)3)19(4)33-28;1-5(2,3)4/h6-7,12-13,15-16,18H,5,8-11,14,17H2,1-4H3;1-2H3. The van der Waals surface area contributed by atoms with Crippen molar-refractivity contribution in [1.29, 1.82) is 0 Å². The normalized spacial score (nSPS) is 14.8. The van der Waals surface area contributed by atoms with Crippen molar-refractivity contribution in [2.24, 2.45) is 0 Å². The summed E-state index contributed by atoms with van der Waals surface area (Å²) in [5.74, 6) is 0.0493. The van der Waals surface area contributed by atoms with Gasteiger partial charge in [-0.2, -0.15) is 0 Å². The number of rotatable bonds is 7. The van der Waals surface area contributed by atoms with Crippen molar-refractivity contribution in [3.8, 4) is 11.3 Å². The summed E-state index contributed by atoms with van der Waals surface area (Å²) in [6.07, 6.45) is 5.72. The summed E-state index contributed by atoms with van der Waals surface area (Å²) in [4.78, 5) is 22.5. The van der Waals surface area contributed by atoms with Crippen molar-refractivity contribution in [2.75, 3.05) is 45.2 Å². The topological polar surface area (TPSA) is 97.1 Å². The molecule has 42 heavy (non-hydrogen) atoms. The van der Waals surface area contributed by atoms with E-state index in [1.54, 1.807) is 6.07 Å². The number of halogens is 2. The van der Waals surface area contributed by atoms with Gasteiger partial charge in [0, 0.05) is 68.7 Å². The van der Waals surface area contributed by atoms with E-state index >= 15 is 0 Å². The molecule has 3 aromatic heterocycles. The number of nitrogens with zero attached hydrogens (tertiary/aromatic N) is 7. The lowest BCUT2D eigenvalue weighted by molar-refractivity contribution is 0.132. The van der Waals surface area contributed by atoms with Gasteiger partial charge in [-0.3, -0.25) is 9.88 Å². The first kappa shape index (κ1) is 31.6. The first-order valence-electron chi connectivity index (χ1n) is 14.1. The monoisotopic (exact) mass is 599 g/mol. The van der Waals surface area contributed by atoms with Gasteiger partial charge in [0.25, 0.3) is 0 Å². The van der Waals surface area contributed by atoms with E-state index in [-0.39, 0.29) is 17.3 Å². The van der Waals surface area contributed by atoms with Crippen LogP contribution in [0.15, 0.2) is 36.7 Å². The van der Waals surface area contributed by atoms with E-state index in [2.05, 4.69) is 42.7 Å². The molecule has 12 heteroatoms. The highest BCUT2D eigenvalue weighted by Gasteiger charge is 2.19. The number of piperazine rings is 1. The molecule has 1 aliphatic heterocycles. The molecule has 0 aliphatic carbocycles. The molecule has 0 amide bonds. The van der Waals surface area contributed by atoms with Crippen LogP contribution in [0.1, 0.15) is 49.7 Å². The average molecular weight is 600 g/mol. The lowest BCUT2D eigenvalue weighted by Gasteiger charge is -2.33. The van der Waals surface area contributed by atoms with Crippen LogP contribution in [0.3, 0.4) is 0 Å². The van der Waals surface area contributed by atoms with E-state index in [4.69, 9.17) is 0 Å². The number of imidazole rings is 1. The van der Waals surface area contributed by atoms with Crippen LogP contribution in [0.5, 0.6) is 0 Å². The Labute approximate surface area is 246 Å². The van der Waals surface area contributed by atoms with Gasteiger partial charge in [-0.15, -0.1) is 0 Å². The smallest absolute Gasteiger partial charge is 0.167 e. The third-order valence-electron chi connectivity index (χ3n) is 7.05. The van der Waals surface area contributed by atoms with Crippen molar-refractivity contribution in [3.05, 3.63) is 71.2 Å². The average Bonchev–Trinajstić information content (AvgIpc) is 3.27. The molecule has 0 bridgehead atoms. The van der Waals surface area contributed by atoms with Gasteiger partial charge in [0.15, 0.2) is 11.6 Å². The summed E-state index contributed by atoms with van der Waals surface area (Å²) >= 11 is 0. The molecule has 0 unspecified atom stereocenters. The Kier molecular flexibility index (Phi) is 10.0. The van der Waals surface area contributed by atoms with Crippen LogP contribution in [0, 0.1) is 18.6 Å². The number of pyridine rings is 1. The van der Waals surface area contributed by atoms with E-state index in [1.165, 1.54) is 6.07 Å². The van der Waals surface area contributed by atoms with Crippen LogP contribution in [0.4, 0.5) is 8.78 Å². The second-order valence-electron chi connectivity index (χ2n) is 11.1. The molecule has 0 spiro atoms. The van der Waals surface area contributed by atoms with Crippen molar-refractivity contribution < 1.29 is 17.2 Å². The Morgan fingerprint density at radius 3 is 2.19 bits per heavy atom. The molecule has 0 atom stereocenters. The fraction of sp³-hybridized carbons (Fsp3) is 0.467. The van der Waals surface area contributed by atoms with Gasteiger partial charge in [-0.25, -0.2) is 32.2 Å². The minimum Gasteiger partial charge on any atom is -0.326 e. The first-order valence-corrected chi connectivity index (χ1v) is 16.4. The van der Waals surface area contributed by atoms with Crippen LogP contribution < -0.4 is 0 Å². The number of hydrogen-bond acceptors (Lipinski definition) is 8. The summed E-state index contributed by atoms with van der Waals surface area (Å²) in [6.45, 7) is 14.4. The van der Waals surface area contributed by atoms with Crippen LogP contribution in [-0.4, -0.2) is 88.0 Å². The molecule has 0 radical (unpaired) electrons. The maximum absolute atomic E-state index is 15.0. The number of benzene rings is 1. The molecule has 1 aromatic carbocycles. The molecule has 9 nitrogen and oxygen atoms in total. The van der Waals surface area contributed by atoms with E-state index < -0.39 is 21.5 Å². The summed E-state index contributed by atoms with van der Waals surface area (Å²) in [6, 6.07) is 7.18. The zero-order valence-electron chi connectivity index (χ0n) is 25.1. The number of likely N-dealkylation sites (N-methyl/N-ethyl adjacent to an activating group) is 1. The maximum atomic E-state index is 15.0. The minimum atomic E-state index is -2.67. The highest BCUT2D eigenvalue weighted by molar-refractivity contribution is 7.89. The minimum absolute atomic E-state index is 0.0720. The molecule has 4 heterocycles. The summed E-state index contributed by atoms with van der Waals surface area (Å²) in [7, 11) is -2.67. The van der Waals surface area contributed by atoms with Gasteiger partial charge in [0.2, 0.25) is 0 Å². The molecule has 5 rings (SSSR count). The van der Waals surface area contributed by atoms with Gasteiger partial charge in [-0.05, 0) is 51.1 Å². The predicted molar refractivity (Wildman–Crippen MR) is 161 cm³/mol. The van der Waals surface area contributed by atoms with E-state index in [0.717, 1.165) is 69.2 Å².